The minimum atomic E-state index is -0.189. The minimum Gasteiger partial charge on any atom is -0.314 e. The Balaban J connectivity index is 2.11. The monoisotopic (exact) mass is 187 g/mol. The third-order valence-corrected chi connectivity index (χ3v) is 3.08. The van der Waals surface area contributed by atoms with Gasteiger partial charge in [0.1, 0.15) is 0 Å². The van der Waals surface area contributed by atoms with Crippen molar-refractivity contribution in [2.75, 3.05) is 13.2 Å². The van der Waals surface area contributed by atoms with Crippen LogP contribution in [-0.4, -0.2) is 19.3 Å². The van der Waals surface area contributed by atoms with E-state index < -0.39 is 0 Å². The van der Waals surface area contributed by atoms with Crippen LogP contribution in [0.25, 0.3) is 0 Å². The molecular weight excluding hydrogens is 165 g/mol. The normalized spacial score (nSPS) is 23.3. The van der Waals surface area contributed by atoms with E-state index in [0.717, 1.165) is 6.54 Å². The lowest BCUT2D eigenvalue weighted by Gasteiger charge is -2.34. The summed E-state index contributed by atoms with van der Waals surface area (Å²) >= 11 is 0. The maximum absolute atomic E-state index is 11.8. The van der Waals surface area contributed by atoms with E-state index in [9.17, 15) is 4.39 Å². The molecule has 0 spiro atoms. The van der Waals surface area contributed by atoms with E-state index in [1.807, 2.05) is 0 Å². The molecule has 1 aliphatic carbocycles. The summed E-state index contributed by atoms with van der Waals surface area (Å²) in [6.07, 6.45) is 5.80. The highest BCUT2D eigenvalue weighted by Crippen LogP contribution is 2.34. The van der Waals surface area contributed by atoms with Crippen LogP contribution in [0.5, 0.6) is 0 Å². The standard InChI is InChI=1S/C11H22FN/c1-11(2)6-4-10(5-7-11)13-9-3-8-12/h10,13H,3-9H2,1-2H3. The number of hydrogen-bond donors (Lipinski definition) is 1. The van der Waals surface area contributed by atoms with Gasteiger partial charge in [-0.25, -0.2) is 0 Å². The molecule has 0 amide bonds. The smallest absolute Gasteiger partial charge is 0.0906 e. The fourth-order valence-electron chi connectivity index (χ4n) is 1.98. The molecule has 13 heavy (non-hydrogen) atoms. The summed E-state index contributed by atoms with van der Waals surface area (Å²) in [6, 6.07) is 0.652. The molecule has 0 aliphatic heterocycles. The first-order valence-electron chi connectivity index (χ1n) is 5.43. The van der Waals surface area contributed by atoms with Gasteiger partial charge in [-0.1, -0.05) is 13.8 Å². The van der Waals surface area contributed by atoms with Crippen molar-refractivity contribution < 1.29 is 4.39 Å². The van der Waals surface area contributed by atoms with E-state index in [2.05, 4.69) is 19.2 Å². The maximum atomic E-state index is 11.8. The van der Waals surface area contributed by atoms with Crippen molar-refractivity contribution in [2.24, 2.45) is 5.41 Å². The first-order chi connectivity index (χ1) is 6.14. The molecular formula is C11H22FN. The first-order valence-corrected chi connectivity index (χ1v) is 5.43. The Morgan fingerprint density at radius 3 is 2.46 bits per heavy atom. The average Bonchev–Trinajstić information content (AvgIpc) is 2.08. The lowest BCUT2D eigenvalue weighted by atomic mass is 9.75. The van der Waals surface area contributed by atoms with E-state index in [4.69, 9.17) is 0 Å². The van der Waals surface area contributed by atoms with Crippen LogP contribution in [0.1, 0.15) is 46.0 Å². The average molecular weight is 187 g/mol. The Morgan fingerprint density at radius 2 is 1.92 bits per heavy atom. The summed E-state index contributed by atoms with van der Waals surface area (Å²) in [6.45, 7) is 5.34. The molecule has 0 radical (unpaired) electrons. The summed E-state index contributed by atoms with van der Waals surface area (Å²) in [4.78, 5) is 0. The minimum absolute atomic E-state index is 0.189. The molecule has 1 N–H and O–H groups in total. The van der Waals surface area contributed by atoms with Crippen molar-refractivity contribution in [1.82, 2.24) is 5.32 Å². The predicted molar refractivity (Wildman–Crippen MR) is 54.6 cm³/mol. The number of halogens is 1. The first kappa shape index (κ1) is 11.0. The van der Waals surface area contributed by atoms with Crippen molar-refractivity contribution in [3.8, 4) is 0 Å². The van der Waals surface area contributed by atoms with Crippen LogP contribution in [0.4, 0.5) is 4.39 Å². The lowest BCUT2D eigenvalue weighted by Crippen LogP contribution is -2.36. The third-order valence-electron chi connectivity index (χ3n) is 3.08. The zero-order valence-electron chi connectivity index (χ0n) is 8.91. The highest BCUT2D eigenvalue weighted by Gasteiger charge is 2.25. The van der Waals surface area contributed by atoms with Gasteiger partial charge in [0.25, 0.3) is 0 Å². The van der Waals surface area contributed by atoms with Gasteiger partial charge in [-0.3, -0.25) is 4.39 Å². The number of hydrogen-bond acceptors (Lipinski definition) is 1. The number of nitrogens with one attached hydrogen (secondary N) is 1. The van der Waals surface area contributed by atoms with Crippen LogP contribution in [0.15, 0.2) is 0 Å². The molecule has 0 saturated heterocycles. The molecule has 1 rings (SSSR count). The Kier molecular flexibility index (Phi) is 4.17. The van der Waals surface area contributed by atoms with Gasteiger partial charge in [0.15, 0.2) is 0 Å². The molecule has 1 saturated carbocycles. The maximum Gasteiger partial charge on any atom is 0.0906 e. The van der Waals surface area contributed by atoms with Gasteiger partial charge in [0.2, 0.25) is 0 Å². The molecule has 1 fully saturated rings. The van der Waals surface area contributed by atoms with Gasteiger partial charge >= 0.3 is 0 Å². The molecule has 0 aromatic rings. The van der Waals surface area contributed by atoms with Crippen molar-refractivity contribution >= 4 is 0 Å². The summed E-state index contributed by atoms with van der Waals surface area (Å²) in [5, 5.41) is 3.42. The molecule has 0 unspecified atom stereocenters. The molecule has 0 bridgehead atoms. The van der Waals surface area contributed by atoms with Crippen LogP contribution < -0.4 is 5.32 Å². The Morgan fingerprint density at radius 1 is 1.31 bits per heavy atom. The van der Waals surface area contributed by atoms with E-state index in [1.165, 1.54) is 25.7 Å². The molecule has 2 heteroatoms. The topological polar surface area (TPSA) is 12.0 Å². The van der Waals surface area contributed by atoms with Crippen molar-refractivity contribution in [1.29, 1.82) is 0 Å². The highest BCUT2D eigenvalue weighted by molar-refractivity contribution is 4.81. The van der Waals surface area contributed by atoms with Crippen LogP contribution >= 0.6 is 0 Å². The second-order valence-corrected chi connectivity index (χ2v) is 4.94. The number of alkyl halides is 1. The molecule has 0 heterocycles. The molecule has 0 atom stereocenters. The van der Waals surface area contributed by atoms with Crippen LogP contribution in [0.2, 0.25) is 0 Å². The predicted octanol–water partition coefficient (Wildman–Crippen LogP) is 2.90. The highest BCUT2D eigenvalue weighted by atomic mass is 19.1. The van der Waals surface area contributed by atoms with Crippen molar-refractivity contribution in [3.05, 3.63) is 0 Å². The molecule has 0 aromatic heterocycles. The second kappa shape index (κ2) is 4.94. The van der Waals surface area contributed by atoms with E-state index in [-0.39, 0.29) is 6.67 Å². The zero-order chi connectivity index (χ0) is 9.73. The quantitative estimate of drug-likeness (QED) is 0.667. The van der Waals surface area contributed by atoms with Gasteiger partial charge < -0.3 is 5.32 Å². The molecule has 78 valence electrons. The van der Waals surface area contributed by atoms with Crippen molar-refractivity contribution in [2.45, 2.75) is 52.0 Å². The van der Waals surface area contributed by atoms with Gasteiger partial charge in [-0.2, -0.15) is 0 Å². The molecule has 1 nitrogen and oxygen atoms in total. The van der Waals surface area contributed by atoms with Crippen LogP contribution in [0, 0.1) is 5.41 Å². The van der Waals surface area contributed by atoms with Crippen LogP contribution in [0.3, 0.4) is 0 Å². The van der Waals surface area contributed by atoms with Gasteiger partial charge in [-0.15, -0.1) is 0 Å². The summed E-state index contributed by atoms with van der Waals surface area (Å²) < 4.78 is 11.8. The van der Waals surface area contributed by atoms with Crippen molar-refractivity contribution in [3.63, 3.8) is 0 Å². The fraction of sp³-hybridized carbons (Fsp3) is 1.00. The SMILES string of the molecule is CC1(C)CCC(NCCCF)CC1. The van der Waals surface area contributed by atoms with Gasteiger partial charge in [0, 0.05) is 6.04 Å². The Bertz CT molecular complexity index is 135. The summed E-state index contributed by atoms with van der Waals surface area (Å²) in [7, 11) is 0. The summed E-state index contributed by atoms with van der Waals surface area (Å²) in [5.74, 6) is 0. The van der Waals surface area contributed by atoms with Gasteiger partial charge in [0.05, 0.1) is 6.67 Å². The van der Waals surface area contributed by atoms with Crippen LogP contribution in [-0.2, 0) is 0 Å². The fourth-order valence-corrected chi connectivity index (χ4v) is 1.98. The second-order valence-electron chi connectivity index (χ2n) is 4.94. The van der Waals surface area contributed by atoms with Gasteiger partial charge in [-0.05, 0) is 44.1 Å². The zero-order valence-corrected chi connectivity index (χ0v) is 8.91. The summed E-state index contributed by atoms with van der Waals surface area (Å²) in [5.41, 5.74) is 0.540. The molecule has 1 aliphatic rings. The Labute approximate surface area is 81.1 Å². The van der Waals surface area contributed by atoms with E-state index in [1.54, 1.807) is 0 Å². The van der Waals surface area contributed by atoms with E-state index in [0.29, 0.717) is 17.9 Å². The Hall–Kier alpha value is -0.110. The number of rotatable bonds is 4. The lowest BCUT2D eigenvalue weighted by molar-refractivity contribution is 0.206. The largest absolute Gasteiger partial charge is 0.314 e. The third kappa shape index (κ3) is 4.08. The molecule has 0 aromatic carbocycles. The van der Waals surface area contributed by atoms with E-state index >= 15 is 0 Å².